The van der Waals surface area contributed by atoms with Gasteiger partial charge in [-0.1, -0.05) is 60.7 Å². The molecule has 0 aliphatic carbocycles. The molecule has 2 atom stereocenters. The summed E-state index contributed by atoms with van der Waals surface area (Å²) in [5, 5.41) is 0. The molecule has 0 amide bonds. The summed E-state index contributed by atoms with van der Waals surface area (Å²) in [5.41, 5.74) is 5.99. The Bertz CT molecular complexity index is 1260. The minimum Gasteiger partial charge on any atom is -0.474 e. The van der Waals surface area contributed by atoms with E-state index in [0.29, 0.717) is 25.0 Å². The summed E-state index contributed by atoms with van der Waals surface area (Å²) in [6.45, 7) is 0.971. The van der Waals surface area contributed by atoms with Gasteiger partial charge in [0.1, 0.15) is 36.7 Å². The predicted molar refractivity (Wildman–Crippen MR) is 131 cm³/mol. The van der Waals surface area contributed by atoms with E-state index in [9.17, 15) is 0 Å². The third-order valence-corrected chi connectivity index (χ3v) is 6.00. The van der Waals surface area contributed by atoms with Crippen LogP contribution in [-0.4, -0.2) is 35.0 Å². The van der Waals surface area contributed by atoms with Crippen molar-refractivity contribution in [1.82, 2.24) is 9.97 Å². The van der Waals surface area contributed by atoms with Gasteiger partial charge in [-0.25, -0.2) is 9.98 Å². The summed E-state index contributed by atoms with van der Waals surface area (Å²) in [7, 11) is 0. The molecule has 0 radical (unpaired) electrons. The zero-order valence-corrected chi connectivity index (χ0v) is 18.4. The van der Waals surface area contributed by atoms with E-state index in [1.807, 2.05) is 48.5 Å². The molecule has 4 heterocycles. The summed E-state index contributed by atoms with van der Waals surface area (Å²) in [5.74, 6) is 1.17. The van der Waals surface area contributed by atoms with E-state index < -0.39 is 0 Å². The maximum Gasteiger partial charge on any atom is 0.236 e. The van der Waals surface area contributed by atoms with E-state index in [1.165, 1.54) is 0 Å². The molecule has 0 bridgehead atoms. The number of nitrogens with zero attached hydrogens (tertiary/aromatic N) is 4. The van der Waals surface area contributed by atoms with Crippen LogP contribution in [0.1, 0.15) is 34.6 Å². The smallest absolute Gasteiger partial charge is 0.236 e. The van der Waals surface area contributed by atoms with E-state index in [-0.39, 0.29) is 12.1 Å². The standard InChI is InChI=1S/C28H22N4O2/c1-3-11-21(25-17-33-27(31-25)23-13-5-7-15-29-23)19(9-1)20-10-2-4-12-22(20)26-18-34-28(32-26)24-14-6-8-16-30-24/h1-16,25-26H,17-18H2/t25-,26-/m1/s1. The second kappa shape index (κ2) is 8.90. The molecule has 0 fully saturated rings. The molecule has 6 nitrogen and oxygen atoms in total. The number of hydrogen-bond donors (Lipinski definition) is 0. The van der Waals surface area contributed by atoms with E-state index in [0.717, 1.165) is 33.6 Å². The number of aliphatic imine (C=N–C) groups is 2. The van der Waals surface area contributed by atoms with Gasteiger partial charge in [-0.3, -0.25) is 9.97 Å². The third kappa shape index (κ3) is 3.83. The fourth-order valence-corrected chi connectivity index (χ4v) is 4.39. The largest absolute Gasteiger partial charge is 0.474 e. The van der Waals surface area contributed by atoms with Gasteiger partial charge in [0.25, 0.3) is 0 Å². The lowest BCUT2D eigenvalue weighted by Gasteiger charge is -2.17. The molecule has 166 valence electrons. The van der Waals surface area contributed by atoms with Crippen LogP contribution in [0.2, 0.25) is 0 Å². The molecule has 4 aromatic rings. The zero-order valence-electron chi connectivity index (χ0n) is 18.4. The highest BCUT2D eigenvalue weighted by molar-refractivity contribution is 5.94. The molecular weight excluding hydrogens is 424 g/mol. The molecule has 0 N–H and O–H groups in total. The van der Waals surface area contributed by atoms with Gasteiger partial charge in [0.05, 0.1) is 0 Å². The molecule has 0 saturated heterocycles. The van der Waals surface area contributed by atoms with Crippen molar-refractivity contribution in [2.45, 2.75) is 12.1 Å². The minimum absolute atomic E-state index is 0.103. The molecule has 0 spiro atoms. The maximum atomic E-state index is 5.93. The Balaban J connectivity index is 1.36. The molecule has 2 aromatic carbocycles. The van der Waals surface area contributed by atoms with Gasteiger partial charge in [0.15, 0.2) is 0 Å². The van der Waals surface area contributed by atoms with Crippen LogP contribution in [0.4, 0.5) is 0 Å². The average Bonchev–Trinajstić information content (AvgIpc) is 3.61. The highest BCUT2D eigenvalue weighted by Crippen LogP contribution is 2.38. The fraction of sp³-hybridized carbons (Fsp3) is 0.143. The molecule has 2 aromatic heterocycles. The van der Waals surface area contributed by atoms with Gasteiger partial charge in [-0.2, -0.15) is 0 Å². The molecule has 34 heavy (non-hydrogen) atoms. The van der Waals surface area contributed by atoms with E-state index in [2.05, 4.69) is 46.4 Å². The second-order valence-corrected chi connectivity index (χ2v) is 8.13. The van der Waals surface area contributed by atoms with E-state index in [1.54, 1.807) is 12.4 Å². The van der Waals surface area contributed by atoms with Crippen LogP contribution >= 0.6 is 0 Å². The average molecular weight is 447 g/mol. The van der Waals surface area contributed by atoms with Crippen LogP contribution in [0.3, 0.4) is 0 Å². The Labute approximate surface area is 197 Å². The molecule has 6 heteroatoms. The van der Waals surface area contributed by atoms with Crippen molar-refractivity contribution in [3.63, 3.8) is 0 Å². The fourth-order valence-electron chi connectivity index (χ4n) is 4.39. The van der Waals surface area contributed by atoms with Gasteiger partial charge >= 0.3 is 0 Å². The maximum absolute atomic E-state index is 5.93. The van der Waals surface area contributed by atoms with Gasteiger partial charge in [-0.15, -0.1) is 0 Å². The van der Waals surface area contributed by atoms with Crippen molar-refractivity contribution in [1.29, 1.82) is 0 Å². The van der Waals surface area contributed by atoms with Gasteiger partial charge in [0, 0.05) is 12.4 Å². The number of benzene rings is 2. The Hall–Kier alpha value is -4.32. The first kappa shape index (κ1) is 20.3. The van der Waals surface area contributed by atoms with Crippen LogP contribution in [0.5, 0.6) is 0 Å². The van der Waals surface area contributed by atoms with Crippen molar-refractivity contribution in [3.8, 4) is 11.1 Å². The number of hydrogen-bond acceptors (Lipinski definition) is 6. The van der Waals surface area contributed by atoms with Crippen molar-refractivity contribution in [2.75, 3.05) is 13.2 Å². The van der Waals surface area contributed by atoms with Crippen LogP contribution in [0.25, 0.3) is 11.1 Å². The lowest BCUT2D eigenvalue weighted by molar-refractivity contribution is 0.318. The lowest BCUT2D eigenvalue weighted by Crippen LogP contribution is -2.05. The van der Waals surface area contributed by atoms with Crippen molar-refractivity contribution < 1.29 is 9.47 Å². The Morgan fingerprint density at radius 3 is 1.41 bits per heavy atom. The molecular formula is C28H22N4O2. The molecule has 2 aliphatic heterocycles. The highest BCUT2D eigenvalue weighted by atomic mass is 16.5. The van der Waals surface area contributed by atoms with E-state index >= 15 is 0 Å². The minimum atomic E-state index is -0.103. The number of aromatic nitrogens is 2. The molecule has 2 aliphatic rings. The first-order valence-corrected chi connectivity index (χ1v) is 11.3. The monoisotopic (exact) mass is 446 g/mol. The number of ether oxygens (including phenoxy) is 2. The Kier molecular flexibility index (Phi) is 5.32. The summed E-state index contributed by atoms with van der Waals surface area (Å²) in [6, 6.07) is 28.0. The summed E-state index contributed by atoms with van der Waals surface area (Å²) in [6.07, 6.45) is 3.50. The van der Waals surface area contributed by atoms with Crippen molar-refractivity contribution >= 4 is 11.8 Å². The number of pyridine rings is 2. The van der Waals surface area contributed by atoms with Gasteiger partial charge < -0.3 is 9.47 Å². The van der Waals surface area contributed by atoms with Crippen molar-refractivity contribution in [3.05, 3.63) is 120 Å². The Morgan fingerprint density at radius 2 is 0.971 bits per heavy atom. The quantitative estimate of drug-likeness (QED) is 0.424. The summed E-state index contributed by atoms with van der Waals surface area (Å²) >= 11 is 0. The predicted octanol–water partition coefficient (Wildman–Crippen LogP) is 5.18. The topological polar surface area (TPSA) is 69.0 Å². The summed E-state index contributed by atoms with van der Waals surface area (Å²) in [4.78, 5) is 18.5. The number of rotatable bonds is 5. The van der Waals surface area contributed by atoms with Crippen LogP contribution in [0, 0.1) is 0 Å². The van der Waals surface area contributed by atoms with Crippen molar-refractivity contribution in [2.24, 2.45) is 9.98 Å². The van der Waals surface area contributed by atoms with E-state index in [4.69, 9.17) is 19.5 Å². The van der Waals surface area contributed by atoms with Gasteiger partial charge in [0.2, 0.25) is 11.8 Å². The third-order valence-electron chi connectivity index (χ3n) is 6.00. The van der Waals surface area contributed by atoms with Crippen LogP contribution in [-0.2, 0) is 9.47 Å². The second-order valence-electron chi connectivity index (χ2n) is 8.13. The zero-order chi connectivity index (χ0) is 22.7. The van der Waals surface area contributed by atoms with Gasteiger partial charge in [-0.05, 0) is 46.5 Å². The lowest BCUT2D eigenvalue weighted by atomic mass is 9.90. The first-order valence-electron chi connectivity index (χ1n) is 11.3. The molecule has 0 unspecified atom stereocenters. The summed E-state index contributed by atoms with van der Waals surface area (Å²) < 4.78 is 11.9. The first-order chi connectivity index (χ1) is 16.9. The highest BCUT2D eigenvalue weighted by Gasteiger charge is 2.28. The van der Waals surface area contributed by atoms with Crippen LogP contribution in [0.15, 0.2) is 107 Å². The normalized spacial score (nSPS) is 19.2. The molecule has 6 rings (SSSR count). The molecule has 0 saturated carbocycles. The SMILES string of the molecule is c1ccc(C2=N[C@@H](c3ccccc3-c3ccccc3[C@H]3COC(c4ccccn4)=N3)CO2)nc1. The van der Waals surface area contributed by atoms with Crippen LogP contribution < -0.4 is 0 Å². The Morgan fingerprint density at radius 1 is 0.529 bits per heavy atom.